The van der Waals surface area contributed by atoms with E-state index in [9.17, 15) is 0 Å². The maximum atomic E-state index is 6.29. The van der Waals surface area contributed by atoms with Gasteiger partial charge in [-0.25, -0.2) is 0 Å². The van der Waals surface area contributed by atoms with Gasteiger partial charge in [-0.15, -0.1) is 11.3 Å². The number of likely N-dealkylation sites (tertiary alicyclic amines) is 1. The molecule has 2 N–H and O–H groups in total. The lowest BCUT2D eigenvalue weighted by Gasteiger charge is -2.33. The van der Waals surface area contributed by atoms with E-state index in [-0.39, 0.29) is 6.04 Å². The first-order chi connectivity index (χ1) is 8.89. The zero-order valence-electron chi connectivity index (χ0n) is 12.8. The Morgan fingerprint density at radius 3 is 2.58 bits per heavy atom. The van der Waals surface area contributed by atoms with Crippen molar-refractivity contribution in [3.8, 4) is 0 Å². The quantitative estimate of drug-likeness (QED) is 0.908. The normalized spacial score (nSPS) is 23.8. The van der Waals surface area contributed by atoms with E-state index >= 15 is 0 Å². The summed E-state index contributed by atoms with van der Waals surface area (Å²) in [6.45, 7) is 11.5. The van der Waals surface area contributed by atoms with Crippen molar-refractivity contribution < 1.29 is 0 Å². The molecule has 2 nitrogen and oxygen atoms in total. The molecule has 2 rings (SSSR count). The minimum absolute atomic E-state index is 0.194. The van der Waals surface area contributed by atoms with Crippen LogP contribution in [0.3, 0.4) is 0 Å². The Morgan fingerprint density at radius 1 is 1.26 bits per heavy atom. The Kier molecular flexibility index (Phi) is 4.70. The van der Waals surface area contributed by atoms with Gasteiger partial charge in [0.25, 0.3) is 0 Å². The van der Waals surface area contributed by atoms with Crippen LogP contribution in [0.15, 0.2) is 12.1 Å². The second-order valence-corrected chi connectivity index (χ2v) is 8.13. The predicted molar refractivity (Wildman–Crippen MR) is 84.7 cm³/mol. The van der Waals surface area contributed by atoms with E-state index in [4.69, 9.17) is 5.73 Å². The highest BCUT2D eigenvalue weighted by atomic mass is 32.1. The van der Waals surface area contributed by atoms with Gasteiger partial charge in [0.05, 0.1) is 6.04 Å². The van der Waals surface area contributed by atoms with E-state index in [1.807, 2.05) is 11.3 Å². The first-order valence-electron chi connectivity index (χ1n) is 7.45. The lowest BCUT2D eigenvalue weighted by molar-refractivity contribution is 0.178. The summed E-state index contributed by atoms with van der Waals surface area (Å²) < 4.78 is 0. The number of nitrogens with two attached hydrogens (primary N) is 1. The third-order valence-corrected chi connectivity index (χ3v) is 5.39. The molecule has 0 amide bonds. The van der Waals surface area contributed by atoms with Crippen molar-refractivity contribution in [1.29, 1.82) is 0 Å². The van der Waals surface area contributed by atoms with Gasteiger partial charge >= 0.3 is 0 Å². The van der Waals surface area contributed by atoms with Crippen molar-refractivity contribution in [3.63, 3.8) is 0 Å². The summed E-state index contributed by atoms with van der Waals surface area (Å²) in [6, 6.07) is 5.08. The number of aryl methyl sites for hydroxylation is 1. The minimum Gasteiger partial charge on any atom is -0.326 e. The molecule has 1 saturated heterocycles. The van der Waals surface area contributed by atoms with Crippen molar-refractivity contribution >= 4 is 11.3 Å². The van der Waals surface area contributed by atoms with E-state index in [0.29, 0.717) is 11.5 Å². The molecule has 3 heteroatoms. The SMILES string of the molecule is Cc1ccc(C(C(C)N)N2CCCC(C)(C)CC2)s1. The zero-order chi connectivity index (χ0) is 14.0. The van der Waals surface area contributed by atoms with Gasteiger partial charge in [-0.1, -0.05) is 13.8 Å². The lowest BCUT2D eigenvalue weighted by Crippen LogP contribution is -2.39. The van der Waals surface area contributed by atoms with Crippen LogP contribution in [0.2, 0.25) is 0 Å². The number of nitrogens with zero attached hydrogens (tertiary/aromatic N) is 1. The summed E-state index contributed by atoms with van der Waals surface area (Å²) in [4.78, 5) is 5.44. The Morgan fingerprint density at radius 2 is 2.00 bits per heavy atom. The van der Waals surface area contributed by atoms with Gasteiger partial charge in [-0.3, -0.25) is 4.90 Å². The highest BCUT2D eigenvalue weighted by Gasteiger charge is 2.30. The molecule has 2 atom stereocenters. The summed E-state index contributed by atoms with van der Waals surface area (Å²) in [7, 11) is 0. The number of hydrogen-bond donors (Lipinski definition) is 1. The van der Waals surface area contributed by atoms with Crippen LogP contribution >= 0.6 is 11.3 Å². The third kappa shape index (κ3) is 3.80. The van der Waals surface area contributed by atoms with Gasteiger partial charge in [0.1, 0.15) is 0 Å². The molecule has 0 radical (unpaired) electrons. The number of thiophene rings is 1. The monoisotopic (exact) mass is 280 g/mol. The fraction of sp³-hybridized carbons (Fsp3) is 0.750. The van der Waals surface area contributed by atoms with Crippen molar-refractivity contribution in [2.24, 2.45) is 11.1 Å². The molecule has 1 aromatic rings. The van der Waals surface area contributed by atoms with Crippen LogP contribution in [0.5, 0.6) is 0 Å². The number of hydrogen-bond acceptors (Lipinski definition) is 3. The minimum atomic E-state index is 0.194. The molecule has 1 aliphatic rings. The second kappa shape index (κ2) is 5.94. The summed E-state index contributed by atoms with van der Waals surface area (Å²) in [5.74, 6) is 0. The Labute approximate surface area is 122 Å². The lowest BCUT2D eigenvalue weighted by atomic mass is 9.85. The molecule has 1 fully saturated rings. The zero-order valence-corrected chi connectivity index (χ0v) is 13.6. The first-order valence-corrected chi connectivity index (χ1v) is 8.27. The molecule has 108 valence electrons. The largest absolute Gasteiger partial charge is 0.326 e. The van der Waals surface area contributed by atoms with Gasteiger partial charge < -0.3 is 5.73 Å². The summed E-state index contributed by atoms with van der Waals surface area (Å²) >= 11 is 1.90. The standard InChI is InChI=1S/C16H28N2S/c1-12-6-7-14(19-12)15(13(2)17)18-10-5-8-16(3,4)9-11-18/h6-7,13,15H,5,8-11,17H2,1-4H3. The van der Waals surface area contributed by atoms with E-state index < -0.39 is 0 Å². The molecule has 0 bridgehead atoms. The molecule has 0 aromatic carbocycles. The van der Waals surface area contributed by atoms with Crippen LogP contribution in [0.1, 0.15) is 55.8 Å². The molecule has 1 aromatic heterocycles. The van der Waals surface area contributed by atoms with Crippen LogP contribution in [0.4, 0.5) is 0 Å². The average molecular weight is 280 g/mol. The van der Waals surface area contributed by atoms with Crippen LogP contribution < -0.4 is 5.73 Å². The van der Waals surface area contributed by atoms with Gasteiger partial charge in [0, 0.05) is 15.8 Å². The Hall–Kier alpha value is -0.380. The Balaban J connectivity index is 2.15. The molecule has 0 spiro atoms. The van der Waals surface area contributed by atoms with E-state index in [1.165, 1.54) is 42.1 Å². The molecule has 2 unspecified atom stereocenters. The summed E-state index contributed by atoms with van der Waals surface area (Å²) in [5, 5.41) is 0. The highest BCUT2D eigenvalue weighted by Crippen LogP contribution is 2.35. The topological polar surface area (TPSA) is 29.3 Å². The van der Waals surface area contributed by atoms with Crippen LogP contribution in [-0.2, 0) is 0 Å². The maximum absolute atomic E-state index is 6.29. The molecule has 1 aliphatic heterocycles. The molecule has 19 heavy (non-hydrogen) atoms. The van der Waals surface area contributed by atoms with Gasteiger partial charge in [0.15, 0.2) is 0 Å². The fourth-order valence-electron chi connectivity index (χ4n) is 3.11. The van der Waals surface area contributed by atoms with Crippen molar-refractivity contribution in [2.45, 2.75) is 59.0 Å². The summed E-state index contributed by atoms with van der Waals surface area (Å²) in [6.07, 6.45) is 3.90. The number of rotatable bonds is 3. The van der Waals surface area contributed by atoms with Crippen molar-refractivity contribution in [1.82, 2.24) is 4.90 Å². The van der Waals surface area contributed by atoms with E-state index in [2.05, 4.69) is 44.7 Å². The molecular weight excluding hydrogens is 252 g/mol. The highest BCUT2D eigenvalue weighted by molar-refractivity contribution is 7.12. The van der Waals surface area contributed by atoms with Crippen LogP contribution in [0.25, 0.3) is 0 Å². The van der Waals surface area contributed by atoms with Crippen molar-refractivity contribution in [3.05, 3.63) is 21.9 Å². The van der Waals surface area contributed by atoms with Gasteiger partial charge in [-0.2, -0.15) is 0 Å². The third-order valence-electron chi connectivity index (χ3n) is 4.32. The van der Waals surface area contributed by atoms with E-state index in [0.717, 1.165) is 0 Å². The predicted octanol–water partition coefficient (Wildman–Crippen LogP) is 3.96. The second-order valence-electron chi connectivity index (χ2n) is 6.81. The molecule has 0 saturated carbocycles. The average Bonchev–Trinajstić information content (AvgIpc) is 2.63. The maximum Gasteiger partial charge on any atom is 0.0590 e. The van der Waals surface area contributed by atoms with Crippen molar-refractivity contribution in [2.75, 3.05) is 13.1 Å². The fourth-order valence-corrected chi connectivity index (χ4v) is 4.23. The Bertz CT molecular complexity index is 409. The van der Waals surface area contributed by atoms with Crippen LogP contribution in [0, 0.1) is 12.3 Å². The molecule has 0 aliphatic carbocycles. The molecular formula is C16H28N2S. The first kappa shape index (κ1) is 15.0. The summed E-state index contributed by atoms with van der Waals surface area (Å²) in [5.41, 5.74) is 6.78. The molecule has 2 heterocycles. The van der Waals surface area contributed by atoms with Gasteiger partial charge in [-0.05, 0) is 63.7 Å². The van der Waals surface area contributed by atoms with Gasteiger partial charge in [0.2, 0.25) is 0 Å². The smallest absolute Gasteiger partial charge is 0.0590 e. The van der Waals surface area contributed by atoms with Crippen LogP contribution in [-0.4, -0.2) is 24.0 Å². The van der Waals surface area contributed by atoms with E-state index in [1.54, 1.807) is 0 Å².